The van der Waals surface area contributed by atoms with Gasteiger partial charge < -0.3 is 10.6 Å². The number of nitrogens with two attached hydrogens (primary N) is 1. The van der Waals surface area contributed by atoms with Crippen LogP contribution in [0.25, 0.3) is 0 Å². The van der Waals surface area contributed by atoms with Crippen LogP contribution in [0.4, 0.5) is 5.69 Å². The summed E-state index contributed by atoms with van der Waals surface area (Å²) in [5, 5.41) is 1.22. The molecule has 1 fully saturated rings. The minimum absolute atomic E-state index is 0.306. The van der Waals surface area contributed by atoms with Crippen molar-refractivity contribution < 1.29 is 0 Å². The van der Waals surface area contributed by atoms with E-state index >= 15 is 0 Å². The molecule has 2 rings (SSSR count). The van der Waals surface area contributed by atoms with E-state index in [4.69, 9.17) is 28.9 Å². The summed E-state index contributed by atoms with van der Waals surface area (Å²) < 4.78 is 0. The standard InChI is InChI=1S/C10H13Cl2N3/c11-8-5-14-6-9(12)10(8)15-3-1-7(13)2-4-15/h5-7H,1-4,13H2. The Labute approximate surface area is 99.2 Å². The molecule has 0 bridgehead atoms. The van der Waals surface area contributed by atoms with Crippen molar-refractivity contribution in [3.05, 3.63) is 22.4 Å². The molecule has 3 nitrogen and oxygen atoms in total. The molecule has 0 unspecified atom stereocenters. The van der Waals surface area contributed by atoms with E-state index in [0.717, 1.165) is 31.6 Å². The van der Waals surface area contributed by atoms with Crippen LogP contribution < -0.4 is 10.6 Å². The topological polar surface area (TPSA) is 42.1 Å². The quantitative estimate of drug-likeness (QED) is 0.826. The lowest BCUT2D eigenvalue weighted by molar-refractivity contribution is 0.501. The second kappa shape index (κ2) is 4.56. The highest BCUT2D eigenvalue weighted by molar-refractivity contribution is 6.38. The fraction of sp³-hybridized carbons (Fsp3) is 0.500. The van der Waals surface area contributed by atoms with Gasteiger partial charge in [0.15, 0.2) is 0 Å². The molecule has 2 heterocycles. The SMILES string of the molecule is NC1CCN(c2c(Cl)cncc2Cl)CC1. The van der Waals surface area contributed by atoms with Gasteiger partial charge >= 0.3 is 0 Å². The van der Waals surface area contributed by atoms with Crippen molar-refractivity contribution >= 4 is 28.9 Å². The first kappa shape index (κ1) is 11.0. The molecular weight excluding hydrogens is 233 g/mol. The molecule has 1 saturated heterocycles. The van der Waals surface area contributed by atoms with Crippen molar-refractivity contribution in [1.82, 2.24) is 4.98 Å². The molecule has 0 atom stereocenters. The van der Waals surface area contributed by atoms with Crippen molar-refractivity contribution in [2.45, 2.75) is 18.9 Å². The van der Waals surface area contributed by atoms with Gasteiger partial charge in [0.1, 0.15) is 0 Å². The van der Waals surface area contributed by atoms with E-state index in [0.29, 0.717) is 16.1 Å². The average Bonchev–Trinajstić information content (AvgIpc) is 2.20. The predicted octanol–water partition coefficient (Wildman–Crippen LogP) is 2.32. The maximum atomic E-state index is 6.08. The van der Waals surface area contributed by atoms with Gasteiger partial charge in [-0.05, 0) is 12.8 Å². The van der Waals surface area contributed by atoms with E-state index in [1.165, 1.54) is 0 Å². The number of nitrogens with zero attached hydrogens (tertiary/aromatic N) is 2. The first-order valence-corrected chi connectivity index (χ1v) is 5.73. The van der Waals surface area contributed by atoms with Crippen LogP contribution in [0.3, 0.4) is 0 Å². The summed E-state index contributed by atoms with van der Waals surface area (Å²) in [4.78, 5) is 6.12. The van der Waals surface area contributed by atoms with E-state index in [2.05, 4.69) is 9.88 Å². The van der Waals surface area contributed by atoms with Crippen LogP contribution in [-0.2, 0) is 0 Å². The maximum absolute atomic E-state index is 6.08. The van der Waals surface area contributed by atoms with Gasteiger partial charge in [0.25, 0.3) is 0 Å². The van der Waals surface area contributed by atoms with Crippen molar-refractivity contribution in [2.24, 2.45) is 5.73 Å². The summed E-state index contributed by atoms with van der Waals surface area (Å²) >= 11 is 12.2. The molecule has 2 N–H and O–H groups in total. The second-order valence-electron chi connectivity index (χ2n) is 3.78. The minimum Gasteiger partial charge on any atom is -0.369 e. The Bertz CT molecular complexity index is 328. The predicted molar refractivity (Wildman–Crippen MR) is 63.7 cm³/mol. The third-order valence-corrected chi connectivity index (χ3v) is 3.24. The van der Waals surface area contributed by atoms with Gasteiger partial charge in [-0.1, -0.05) is 23.2 Å². The highest BCUT2D eigenvalue weighted by Gasteiger charge is 2.20. The number of rotatable bonds is 1. The zero-order chi connectivity index (χ0) is 10.8. The number of hydrogen-bond acceptors (Lipinski definition) is 3. The zero-order valence-corrected chi connectivity index (χ0v) is 9.80. The van der Waals surface area contributed by atoms with E-state index < -0.39 is 0 Å². The number of anilines is 1. The zero-order valence-electron chi connectivity index (χ0n) is 8.29. The van der Waals surface area contributed by atoms with Gasteiger partial charge in [0.05, 0.1) is 15.7 Å². The fourth-order valence-electron chi connectivity index (χ4n) is 1.83. The molecule has 82 valence electrons. The molecule has 1 aromatic heterocycles. The van der Waals surface area contributed by atoms with E-state index in [9.17, 15) is 0 Å². The average molecular weight is 246 g/mol. The smallest absolute Gasteiger partial charge is 0.0838 e. The fourth-order valence-corrected chi connectivity index (χ4v) is 2.43. The van der Waals surface area contributed by atoms with Crippen LogP contribution in [0.15, 0.2) is 12.4 Å². The van der Waals surface area contributed by atoms with Crippen molar-refractivity contribution in [2.75, 3.05) is 18.0 Å². The Hall–Kier alpha value is -0.510. The number of halogens is 2. The molecule has 1 aromatic rings. The molecule has 0 aromatic carbocycles. The summed E-state index contributed by atoms with van der Waals surface area (Å²) in [5.41, 5.74) is 6.74. The van der Waals surface area contributed by atoms with E-state index in [1.807, 2.05) is 0 Å². The highest BCUT2D eigenvalue weighted by Crippen LogP contribution is 2.33. The molecular formula is C10H13Cl2N3. The molecule has 0 aliphatic carbocycles. The van der Waals surface area contributed by atoms with Crippen LogP contribution in [0, 0.1) is 0 Å². The lowest BCUT2D eigenvalue weighted by Crippen LogP contribution is -2.39. The van der Waals surface area contributed by atoms with E-state index in [1.54, 1.807) is 12.4 Å². The number of piperidine rings is 1. The molecule has 0 spiro atoms. The van der Waals surface area contributed by atoms with Crippen molar-refractivity contribution in [1.29, 1.82) is 0 Å². The third-order valence-electron chi connectivity index (χ3n) is 2.68. The van der Waals surface area contributed by atoms with Crippen LogP contribution in [0.1, 0.15) is 12.8 Å². The van der Waals surface area contributed by atoms with Crippen LogP contribution in [0.5, 0.6) is 0 Å². The summed E-state index contributed by atoms with van der Waals surface area (Å²) in [7, 11) is 0. The molecule has 0 radical (unpaired) electrons. The van der Waals surface area contributed by atoms with Gasteiger partial charge in [0.2, 0.25) is 0 Å². The summed E-state index contributed by atoms with van der Waals surface area (Å²) in [5.74, 6) is 0. The molecule has 5 heteroatoms. The van der Waals surface area contributed by atoms with Crippen LogP contribution in [-0.4, -0.2) is 24.1 Å². The minimum atomic E-state index is 0.306. The van der Waals surface area contributed by atoms with Crippen molar-refractivity contribution in [3.63, 3.8) is 0 Å². The molecule has 1 aliphatic rings. The Kier molecular flexibility index (Phi) is 3.34. The van der Waals surface area contributed by atoms with E-state index in [-0.39, 0.29) is 0 Å². The van der Waals surface area contributed by atoms with Crippen LogP contribution >= 0.6 is 23.2 Å². The Morgan fingerprint density at radius 2 is 1.73 bits per heavy atom. The number of pyridine rings is 1. The summed E-state index contributed by atoms with van der Waals surface area (Å²) in [6, 6.07) is 0.306. The summed E-state index contributed by atoms with van der Waals surface area (Å²) in [6.45, 7) is 1.81. The summed E-state index contributed by atoms with van der Waals surface area (Å²) in [6.07, 6.45) is 5.21. The van der Waals surface area contributed by atoms with Gasteiger partial charge in [-0.2, -0.15) is 0 Å². The molecule has 0 amide bonds. The number of hydrogen-bond donors (Lipinski definition) is 1. The highest BCUT2D eigenvalue weighted by atomic mass is 35.5. The largest absolute Gasteiger partial charge is 0.369 e. The number of aromatic nitrogens is 1. The Morgan fingerprint density at radius 1 is 1.20 bits per heavy atom. The monoisotopic (exact) mass is 245 g/mol. The maximum Gasteiger partial charge on any atom is 0.0838 e. The Morgan fingerprint density at radius 3 is 2.27 bits per heavy atom. The van der Waals surface area contributed by atoms with Gasteiger partial charge in [-0.25, -0.2) is 0 Å². The lowest BCUT2D eigenvalue weighted by Gasteiger charge is -2.32. The normalized spacial score (nSPS) is 18.2. The molecule has 0 saturated carbocycles. The molecule has 1 aliphatic heterocycles. The first-order valence-electron chi connectivity index (χ1n) is 4.98. The van der Waals surface area contributed by atoms with Crippen LogP contribution in [0.2, 0.25) is 10.0 Å². The Balaban J connectivity index is 2.22. The van der Waals surface area contributed by atoms with Gasteiger partial charge in [0, 0.05) is 31.5 Å². The second-order valence-corrected chi connectivity index (χ2v) is 4.59. The molecule has 15 heavy (non-hydrogen) atoms. The first-order chi connectivity index (χ1) is 7.18. The van der Waals surface area contributed by atoms with Gasteiger partial charge in [-0.3, -0.25) is 4.98 Å². The lowest BCUT2D eigenvalue weighted by atomic mass is 10.1. The van der Waals surface area contributed by atoms with Crippen molar-refractivity contribution in [3.8, 4) is 0 Å². The van der Waals surface area contributed by atoms with Gasteiger partial charge in [-0.15, -0.1) is 0 Å². The third kappa shape index (κ3) is 2.36.